The lowest BCUT2D eigenvalue weighted by atomic mass is 10.4. The summed E-state index contributed by atoms with van der Waals surface area (Å²) in [6.45, 7) is 4.72. The molecule has 0 radical (unpaired) electrons. The second-order valence-electron chi connectivity index (χ2n) is 3.10. The van der Waals surface area contributed by atoms with E-state index >= 15 is 0 Å². The molecule has 1 atom stereocenters. The van der Waals surface area contributed by atoms with Gasteiger partial charge in [-0.3, -0.25) is 4.90 Å². The van der Waals surface area contributed by atoms with Gasteiger partial charge in [0, 0.05) is 19.1 Å². The molecule has 9 heavy (non-hydrogen) atoms. The maximum Gasteiger partial charge on any atom is 0.0571 e. The minimum atomic E-state index is 0.650. The maximum atomic E-state index is 3.42. The summed E-state index contributed by atoms with van der Waals surface area (Å²) in [6.07, 6.45) is 3.52. The van der Waals surface area contributed by atoms with Crippen LogP contribution >= 0.6 is 0 Å². The first-order valence-electron chi connectivity index (χ1n) is 3.87. The largest absolute Gasteiger partial charge is 0.301 e. The molecule has 52 valence electrons. The summed E-state index contributed by atoms with van der Waals surface area (Å²) in [6, 6.07) is 0.940. The Balaban J connectivity index is 1.93. The second-order valence-corrected chi connectivity index (χ2v) is 3.10. The van der Waals surface area contributed by atoms with Crippen LogP contribution in [0.15, 0.2) is 0 Å². The highest BCUT2D eigenvalue weighted by Gasteiger charge is 2.34. The van der Waals surface area contributed by atoms with Gasteiger partial charge in [0.25, 0.3) is 0 Å². The number of hydrogen-bond acceptors (Lipinski definition) is 2. The van der Waals surface area contributed by atoms with Gasteiger partial charge in [0.2, 0.25) is 0 Å². The molecule has 0 amide bonds. The maximum absolute atomic E-state index is 3.42. The molecule has 1 aliphatic heterocycles. The van der Waals surface area contributed by atoms with Gasteiger partial charge in [0.05, 0.1) is 6.17 Å². The summed E-state index contributed by atoms with van der Waals surface area (Å²) in [4.78, 5) is 2.57. The Morgan fingerprint density at radius 3 is 2.67 bits per heavy atom. The van der Waals surface area contributed by atoms with Crippen molar-refractivity contribution in [1.82, 2.24) is 10.2 Å². The average Bonchev–Trinajstić information content (AvgIpc) is 2.58. The van der Waals surface area contributed by atoms with Crippen LogP contribution in [0.5, 0.6) is 0 Å². The minimum absolute atomic E-state index is 0.650. The van der Waals surface area contributed by atoms with Crippen LogP contribution in [0.2, 0.25) is 0 Å². The molecule has 1 N–H and O–H groups in total. The molecule has 2 heteroatoms. The van der Waals surface area contributed by atoms with Crippen LogP contribution in [-0.4, -0.2) is 30.2 Å². The van der Waals surface area contributed by atoms with E-state index in [1.807, 2.05) is 0 Å². The first-order chi connectivity index (χ1) is 4.38. The molecule has 0 bridgehead atoms. The molecular formula is C7H14N2. The van der Waals surface area contributed by atoms with Gasteiger partial charge in [-0.2, -0.15) is 0 Å². The zero-order valence-electron chi connectivity index (χ0n) is 5.93. The van der Waals surface area contributed by atoms with Gasteiger partial charge in [-0.05, 0) is 19.8 Å². The van der Waals surface area contributed by atoms with E-state index in [1.54, 1.807) is 0 Å². The number of nitrogens with one attached hydrogen (secondary N) is 1. The third kappa shape index (κ3) is 0.970. The first-order valence-corrected chi connectivity index (χ1v) is 3.87. The molecular weight excluding hydrogens is 112 g/mol. The topological polar surface area (TPSA) is 15.3 Å². The highest BCUT2D eigenvalue weighted by Crippen LogP contribution is 2.28. The SMILES string of the molecule is CC1NCCN1C1CC1. The number of rotatable bonds is 1. The van der Waals surface area contributed by atoms with Gasteiger partial charge in [0.15, 0.2) is 0 Å². The summed E-state index contributed by atoms with van der Waals surface area (Å²) in [5.41, 5.74) is 0. The Morgan fingerprint density at radius 2 is 2.22 bits per heavy atom. The molecule has 1 aliphatic carbocycles. The van der Waals surface area contributed by atoms with Crippen molar-refractivity contribution in [3.8, 4) is 0 Å². The van der Waals surface area contributed by atoms with Crippen molar-refractivity contribution in [2.45, 2.75) is 32.0 Å². The summed E-state index contributed by atoms with van der Waals surface area (Å²) >= 11 is 0. The van der Waals surface area contributed by atoms with Gasteiger partial charge < -0.3 is 5.32 Å². The van der Waals surface area contributed by atoms with Crippen LogP contribution in [0.4, 0.5) is 0 Å². The van der Waals surface area contributed by atoms with Gasteiger partial charge in [-0.15, -0.1) is 0 Å². The summed E-state index contributed by atoms with van der Waals surface area (Å²) < 4.78 is 0. The van der Waals surface area contributed by atoms with E-state index in [-0.39, 0.29) is 0 Å². The Morgan fingerprint density at radius 1 is 1.44 bits per heavy atom. The van der Waals surface area contributed by atoms with Crippen molar-refractivity contribution in [2.24, 2.45) is 0 Å². The Labute approximate surface area is 56.2 Å². The molecule has 1 unspecified atom stereocenters. The van der Waals surface area contributed by atoms with Gasteiger partial charge in [-0.25, -0.2) is 0 Å². The fraction of sp³-hybridized carbons (Fsp3) is 1.00. The first kappa shape index (κ1) is 5.69. The van der Waals surface area contributed by atoms with Crippen LogP contribution in [0.1, 0.15) is 19.8 Å². The Bertz CT molecular complexity index is 109. The molecule has 2 rings (SSSR count). The number of hydrogen-bond donors (Lipinski definition) is 1. The standard InChI is InChI=1S/C7H14N2/c1-6-8-4-5-9(6)7-2-3-7/h6-8H,2-5H2,1H3. The second kappa shape index (κ2) is 1.96. The molecule has 1 heterocycles. The summed E-state index contributed by atoms with van der Waals surface area (Å²) in [7, 11) is 0. The van der Waals surface area contributed by atoms with E-state index in [1.165, 1.54) is 25.9 Å². The van der Waals surface area contributed by atoms with E-state index < -0.39 is 0 Å². The minimum Gasteiger partial charge on any atom is -0.301 e. The average molecular weight is 126 g/mol. The fourth-order valence-corrected chi connectivity index (χ4v) is 1.62. The smallest absolute Gasteiger partial charge is 0.0571 e. The summed E-state index contributed by atoms with van der Waals surface area (Å²) in [5, 5.41) is 3.42. The summed E-state index contributed by atoms with van der Waals surface area (Å²) in [5.74, 6) is 0. The fourth-order valence-electron chi connectivity index (χ4n) is 1.62. The highest BCUT2D eigenvalue weighted by atomic mass is 15.3. The van der Waals surface area contributed by atoms with E-state index in [2.05, 4.69) is 17.1 Å². The van der Waals surface area contributed by atoms with Crippen LogP contribution in [0.3, 0.4) is 0 Å². The van der Waals surface area contributed by atoms with Crippen molar-refractivity contribution in [1.29, 1.82) is 0 Å². The Hall–Kier alpha value is -0.0800. The van der Waals surface area contributed by atoms with Crippen LogP contribution in [-0.2, 0) is 0 Å². The molecule has 0 aromatic rings. The van der Waals surface area contributed by atoms with Crippen molar-refractivity contribution in [3.63, 3.8) is 0 Å². The van der Waals surface area contributed by atoms with E-state index in [0.29, 0.717) is 6.17 Å². The Kier molecular flexibility index (Phi) is 1.24. The molecule has 1 saturated heterocycles. The molecule has 2 nitrogen and oxygen atoms in total. The predicted molar refractivity (Wildman–Crippen MR) is 37.2 cm³/mol. The molecule has 1 saturated carbocycles. The predicted octanol–water partition coefficient (Wildman–Crippen LogP) is 0.400. The normalized spacial score (nSPS) is 37.7. The van der Waals surface area contributed by atoms with Crippen molar-refractivity contribution < 1.29 is 0 Å². The molecule has 2 fully saturated rings. The molecule has 0 aromatic carbocycles. The third-order valence-electron chi connectivity index (χ3n) is 2.32. The van der Waals surface area contributed by atoms with Crippen molar-refractivity contribution in [2.75, 3.05) is 13.1 Å². The van der Waals surface area contributed by atoms with Gasteiger partial charge in [0.1, 0.15) is 0 Å². The van der Waals surface area contributed by atoms with Crippen LogP contribution in [0.25, 0.3) is 0 Å². The van der Waals surface area contributed by atoms with Gasteiger partial charge >= 0.3 is 0 Å². The van der Waals surface area contributed by atoms with E-state index in [0.717, 1.165) is 6.04 Å². The van der Waals surface area contributed by atoms with Crippen molar-refractivity contribution in [3.05, 3.63) is 0 Å². The lowest BCUT2D eigenvalue weighted by molar-refractivity contribution is 0.247. The third-order valence-corrected chi connectivity index (χ3v) is 2.32. The number of nitrogens with zero attached hydrogens (tertiary/aromatic N) is 1. The monoisotopic (exact) mass is 126 g/mol. The van der Waals surface area contributed by atoms with Crippen molar-refractivity contribution >= 4 is 0 Å². The highest BCUT2D eigenvalue weighted by molar-refractivity contribution is 4.89. The molecule has 2 aliphatic rings. The van der Waals surface area contributed by atoms with E-state index in [4.69, 9.17) is 0 Å². The molecule has 0 spiro atoms. The van der Waals surface area contributed by atoms with Gasteiger partial charge in [-0.1, -0.05) is 0 Å². The van der Waals surface area contributed by atoms with Crippen LogP contribution in [0, 0.1) is 0 Å². The molecule has 0 aromatic heterocycles. The lowest BCUT2D eigenvalue weighted by Gasteiger charge is -2.18. The zero-order valence-corrected chi connectivity index (χ0v) is 5.93. The van der Waals surface area contributed by atoms with E-state index in [9.17, 15) is 0 Å². The lowest BCUT2D eigenvalue weighted by Crippen LogP contribution is -2.34. The van der Waals surface area contributed by atoms with Crippen LogP contribution < -0.4 is 5.32 Å². The zero-order chi connectivity index (χ0) is 6.27. The quantitative estimate of drug-likeness (QED) is 0.547.